The lowest BCUT2D eigenvalue weighted by molar-refractivity contribution is 0.600. The predicted octanol–water partition coefficient (Wildman–Crippen LogP) is 1.22. The van der Waals surface area contributed by atoms with Crippen LogP contribution in [0.15, 0.2) is 41.6 Å². The minimum absolute atomic E-state index is 0.0138. The molecular formula is C12H12N4O2S2. The zero-order valence-electron chi connectivity index (χ0n) is 10.6. The standard InChI is InChI=1S/C12H12N4O2S2/c1-8-2-5-11(15-6-8)16-20(17,18)9-3-4-10(12(13)19)14-7-9/h2-7H,1H3,(H2,13,19)(H,15,16). The summed E-state index contributed by atoms with van der Waals surface area (Å²) in [6.07, 6.45) is 2.77. The number of sulfonamides is 1. The Labute approximate surface area is 122 Å². The molecule has 3 N–H and O–H groups in total. The van der Waals surface area contributed by atoms with Gasteiger partial charge in [-0.3, -0.25) is 9.71 Å². The van der Waals surface area contributed by atoms with E-state index in [0.29, 0.717) is 5.69 Å². The Bertz CT molecular complexity index is 725. The van der Waals surface area contributed by atoms with Crippen molar-refractivity contribution in [2.24, 2.45) is 5.73 Å². The first-order chi connectivity index (χ1) is 9.38. The average Bonchev–Trinajstić information content (AvgIpc) is 2.41. The summed E-state index contributed by atoms with van der Waals surface area (Å²) in [4.78, 5) is 8.00. The second kappa shape index (κ2) is 5.51. The maximum atomic E-state index is 12.1. The van der Waals surface area contributed by atoms with E-state index >= 15 is 0 Å². The van der Waals surface area contributed by atoms with Crippen LogP contribution in [0.5, 0.6) is 0 Å². The first-order valence-corrected chi connectivity index (χ1v) is 7.49. The van der Waals surface area contributed by atoms with Crippen LogP contribution in [0, 0.1) is 6.92 Å². The van der Waals surface area contributed by atoms with Gasteiger partial charge >= 0.3 is 0 Å². The summed E-state index contributed by atoms with van der Waals surface area (Å²) in [6.45, 7) is 1.86. The first-order valence-electron chi connectivity index (χ1n) is 5.60. The molecule has 2 aromatic rings. The molecule has 0 radical (unpaired) electrons. The monoisotopic (exact) mass is 308 g/mol. The van der Waals surface area contributed by atoms with Crippen LogP contribution >= 0.6 is 12.2 Å². The molecule has 0 bridgehead atoms. The van der Waals surface area contributed by atoms with Crippen molar-refractivity contribution in [1.82, 2.24) is 9.97 Å². The minimum atomic E-state index is -3.73. The molecule has 0 unspecified atom stereocenters. The van der Waals surface area contributed by atoms with Crippen molar-refractivity contribution in [1.29, 1.82) is 0 Å². The quantitative estimate of drug-likeness (QED) is 0.824. The van der Waals surface area contributed by atoms with Gasteiger partial charge in [0.1, 0.15) is 15.7 Å². The lowest BCUT2D eigenvalue weighted by Gasteiger charge is -2.07. The van der Waals surface area contributed by atoms with Gasteiger partial charge in [0.15, 0.2) is 0 Å². The van der Waals surface area contributed by atoms with Crippen LogP contribution in [0.1, 0.15) is 11.3 Å². The van der Waals surface area contributed by atoms with Crippen molar-refractivity contribution >= 4 is 33.0 Å². The van der Waals surface area contributed by atoms with Gasteiger partial charge in [0.05, 0.1) is 5.69 Å². The zero-order chi connectivity index (χ0) is 14.8. The molecule has 0 aliphatic rings. The summed E-state index contributed by atoms with van der Waals surface area (Å²) in [5, 5.41) is 0. The summed E-state index contributed by atoms with van der Waals surface area (Å²) >= 11 is 4.76. The van der Waals surface area contributed by atoms with E-state index in [2.05, 4.69) is 14.7 Å². The molecule has 2 rings (SSSR count). The Morgan fingerprint density at radius 3 is 2.45 bits per heavy atom. The van der Waals surface area contributed by atoms with E-state index in [4.69, 9.17) is 18.0 Å². The third-order valence-electron chi connectivity index (χ3n) is 2.45. The third kappa shape index (κ3) is 3.28. The molecule has 0 spiro atoms. The Kier molecular flexibility index (Phi) is 3.96. The maximum Gasteiger partial charge on any atom is 0.264 e. The third-order valence-corrected chi connectivity index (χ3v) is 4.00. The number of pyridine rings is 2. The molecule has 2 heterocycles. The number of anilines is 1. The number of hydrogen-bond donors (Lipinski definition) is 2. The Balaban J connectivity index is 2.26. The van der Waals surface area contributed by atoms with Gasteiger partial charge in [0.25, 0.3) is 10.0 Å². The van der Waals surface area contributed by atoms with E-state index < -0.39 is 10.0 Å². The number of nitrogens with two attached hydrogens (primary N) is 1. The smallest absolute Gasteiger partial charge is 0.264 e. The van der Waals surface area contributed by atoms with E-state index in [1.807, 2.05) is 6.92 Å². The van der Waals surface area contributed by atoms with E-state index in [1.54, 1.807) is 18.3 Å². The Morgan fingerprint density at radius 2 is 1.95 bits per heavy atom. The average molecular weight is 308 g/mol. The molecule has 0 amide bonds. The van der Waals surface area contributed by atoms with Crippen molar-refractivity contribution in [3.05, 3.63) is 47.9 Å². The highest BCUT2D eigenvalue weighted by Crippen LogP contribution is 2.14. The molecule has 0 aliphatic heterocycles. The second-order valence-electron chi connectivity index (χ2n) is 4.07. The molecule has 0 aromatic carbocycles. The van der Waals surface area contributed by atoms with Crippen molar-refractivity contribution < 1.29 is 8.42 Å². The number of aryl methyl sites for hydroxylation is 1. The highest BCUT2D eigenvalue weighted by molar-refractivity contribution is 7.92. The summed E-state index contributed by atoms with van der Waals surface area (Å²) in [5.41, 5.74) is 6.71. The van der Waals surface area contributed by atoms with Gasteiger partial charge in [0, 0.05) is 12.4 Å². The lowest BCUT2D eigenvalue weighted by Crippen LogP contribution is -2.16. The maximum absolute atomic E-state index is 12.1. The molecule has 0 atom stereocenters. The van der Waals surface area contributed by atoms with Crippen LogP contribution in [-0.2, 0) is 10.0 Å². The van der Waals surface area contributed by atoms with E-state index in [0.717, 1.165) is 5.56 Å². The van der Waals surface area contributed by atoms with Gasteiger partial charge in [0.2, 0.25) is 0 Å². The second-order valence-corrected chi connectivity index (χ2v) is 6.19. The molecule has 0 fully saturated rings. The van der Waals surface area contributed by atoms with Crippen molar-refractivity contribution in [2.45, 2.75) is 11.8 Å². The minimum Gasteiger partial charge on any atom is -0.388 e. The number of rotatable bonds is 4. The summed E-state index contributed by atoms with van der Waals surface area (Å²) in [5.74, 6) is 0.244. The van der Waals surface area contributed by atoms with E-state index in [9.17, 15) is 8.42 Å². The van der Waals surface area contributed by atoms with Gasteiger partial charge in [-0.1, -0.05) is 18.3 Å². The summed E-state index contributed by atoms with van der Waals surface area (Å²) in [7, 11) is -3.73. The predicted molar refractivity (Wildman–Crippen MR) is 79.9 cm³/mol. The van der Waals surface area contributed by atoms with Crippen LogP contribution in [-0.4, -0.2) is 23.4 Å². The molecule has 2 aromatic heterocycles. The van der Waals surface area contributed by atoms with Gasteiger partial charge in [-0.2, -0.15) is 0 Å². The normalized spacial score (nSPS) is 11.1. The molecule has 104 valence electrons. The molecule has 0 aliphatic carbocycles. The topological polar surface area (TPSA) is 98.0 Å². The van der Waals surface area contributed by atoms with Crippen LogP contribution in [0.2, 0.25) is 0 Å². The van der Waals surface area contributed by atoms with Crippen LogP contribution < -0.4 is 10.5 Å². The SMILES string of the molecule is Cc1ccc(NS(=O)(=O)c2ccc(C(N)=S)nc2)nc1. The van der Waals surface area contributed by atoms with Crippen molar-refractivity contribution in [3.63, 3.8) is 0 Å². The molecule has 20 heavy (non-hydrogen) atoms. The van der Waals surface area contributed by atoms with Gasteiger partial charge in [-0.05, 0) is 30.7 Å². The van der Waals surface area contributed by atoms with Gasteiger partial charge in [-0.25, -0.2) is 13.4 Å². The van der Waals surface area contributed by atoms with E-state index in [1.165, 1.54) is 18.3 Å². The molecule has 0 saturated heterocycles. The van der Waals surface area contributed by atoms with E-state index in [-0.39, 0.29) is 15.7 Å². The molecule has 6 nitrogen and oxygen atoms in total. The zero-order valence-corrected chi connectivity index (χ0v) is 12.2. The Hall–Kier alpha value is -2.06. The van der Waals surface area contributed by atoms with Crippen LogP contribution in [0.25, 0.3) is 0 Å². The molecule has 8 heteroatoms. The fourth-order valence-corrected chi connectivity index (χ4v) is 2.48. The number of nitrogens with one attached hydrogen (secondary N) is 1. The van der Waals surface area contributed by atoms with Gasteiger partial charge < -0.3 is 5.73 Å². The summed E-state index contributed by atoms with van der Waals surface area (Å²) in [6, 6.07) is 6.19. The highest BCUT2D eigenvalue weighted by Gasteiger charge is 2.15. The van der Waals surface area contributed by atoms with Gasteiger partial charge in [-0.15, -0.1) is 0 Å². The Morgan fingerprint density at radius 1 is 1.20 bits per heavy atom. The largest absolute Gasteiger partial charge is 0.388 e. The van der Waals surface area contributed by atoms with Crippen molar-refractivity contribution in [3.8, 4) is 0 Å². The highest BCUT2D eigenvalue weighted by atomic mass is 32.2. The first kappa shape index (κ1) is 14.4. The fourth-order valence-electron chi connectivity index (χ4n) is 1.41. The number of nitrogens with zero attached hydrogens (tertiary/aromatic N) is 2. The van der Waals surface area contributed by atoms with Crippen molar-refractivity contribution in [2.75, 3.05) is 4.72 Å². The van der Waals surface area contributed by atoms with Crippen LogP contribution in [0.4, 0.5) is 5.82 Å². The molecular weight excluding hydrogens is 296 g/mol. The molecule has 0 saturated carbocycles. The summed E-state index contributed by atoms with van der Waals surface area (Å²) < 4.78 is 26.6. The fraction of sp³-hybridized carbons (Fsp3) is 0.0833. The number of thiocarbonyl (C=S) groups is 1. The number of hydrogen-bond acceptors (Lipinski definition) is 5. The number of aromatic nitrogens is 2. The van der Waals surface area contributed by atoms with Crippen LogP contribution in [0.3, 0.4) is 0 Å². The lowest BCUT2D eigenvalue weighted by atomic mass is 10.3.